The molecule has 1 aromatic heterocycles. The lowest BCUT2D eigenvalue weighted by Gasteiger charge is -2.16. The third kappa shape index (κ3) is 3.53. The van der Waals surface area contributed by atoms with Gasteiger partial charge < -0.3 is 10.2 Å². The van der Waals surface area contributed by atoms with Gasteiger partial charge in [-0.25, -0.2) is 4.98 Å². The summed E-state index contributed by atoms with van der Waals surface area (Å²) in [7, 11) is 0. The van der Waals surface area contributed by atoms with E-state index in [9.17, 15) is 18.4 Å². The van der Waals surface area contributed by atoms with Gasteiger partial charge in [0.05, 0.1) is 11.0 Å². The number of halogens is 2. The van der Waals surface area contributed by atoms with Gasteiger partial charge in [-0.2, -0.15) is 8.78 Å². The second-order valence-corrected chi connectivity index (χ2v) is 7.48. The van der Waals surface area contributed by atoms with Gasteiger partial charge in [-0.05, 0) is 42.3 Å². The Morgan fingerprint density at radius 3 is 2.70 bits per heavy atom. The SMILES string of the molecule is CC(=O)N1CCc2cc(C(=O)NC[C@H](C)c3nc4ccccc4n3C(F)F)ccc21. The van der Waals surface area contributed by atoms with E-state index in [1.807, 2.05) is 0 Å². The van der Waals surface area contributed by atoms with Crippen LogP contribution in [-0.4, -0.2) is 34.5 Å². The molecule has 0 saturated heterocycles. The van der Waals surface area contributed by atoms with Crippen molar-refractivity contribution in [3.63, 3.8) is 0 Å². The van der Waals surface area contributed by atoms with Gasteiger partial charge in [0, 0.05) is 37.2 Å². The first-order valence-corrected chi connectivity index (χ1v) is 9.81. The van der Waals surface area contributed by atoms with Gasteiger partial charge in [0.15, 0.2) is 0 Å². The molecule has 6 nitrogen and oxygen atoms in total. The van der Waals surface area contributed by atoms with E-state index < -0.39 is 12.5 Å². The molecule has 0 unspecified atom stereocenters. The molecule has 8 heteroatoms. The number of fused-ring (bicyclic) bond motifs is 2. The molecule has 2 heterocycles. The van der Waals surface area contributed by atoms with Crippen LogP contribution in [0.5, 0.6) is 0 Å². The number of carbonyl (C=O) groups is 2. The minimum absolute atomic E-state index is 0.0262. The van der Waals surface area contributed by atoms with E-state index >= 15 is 0 Å². The van der Waals surface area contributed by atoms with Gasteiger partial charge in [0.2, 0.25) is 5.91 Å². The van der Waals surface area contributed by atoms with E-state index in [2.05, 4.69) is 10.3 Å². The average molecular weight is 412 g/mol. The predicted octanol–water partition coefficient (Wildman–Crippen LogP) is 3.87. The van der Waals surface area contributed by atoms with E-state index in [-0.39, 0.29) is 24.2 Å². The van der Waals surface area contributed by atoms with Crippen LogP contribution in [0.2, 0.25) is 0 Å². The smallest absolute Gasteiger partial charge is 0.320 e. The number of rotatable bonds is 5. The van der Waals surface area contributed by atoms with Crippen LogP contribution < -0.4 is 10.2 Å². The Labute approximate surface area is 172 Å². The normalized spacial score (nSPS) is 14.2. The van der Waals surface area contributed by atoms with Gasteiger partial charge in [-0.1, -0.05) is 19.1 Å². The first kappa shape index (κ1) is 20.0. The number of aromatic nitrogens is 2. The summed E-state index contributed by atoms with van der Waals surface area (Å²) >= 11 is 0. The Morgan fingerprint density at radius 2 is 1.97 bits per heavy atom. The number of benzene rings is 2. The molecule has 1 N–H and O–H groups in total. The van der Waals surface area contributed by atoms with Crippen LogP contribution in [0.25, 0.3) is 11.0 Å². The van der Waals surface area contributed by atoms with Crippen molar-refractivity contribution in [3.8, 4) is 0 Å². The zero-order valence-corrected chi connectivity index (χ0v) is 16.7. The molecular formula is C22H22F2N4O2. The molecule has 0 radical (unpaired) electrons. The molecule has 1 aliphatic heterocycles. The lowest BCUT2D eigenvalue weighted by Crippen LogP contribution is -2.29. The Bertz CT molecular complexity index is 1130. The van der Waals surface area contributed by atoms with Crippen molar-refractivity contribution in [2.75, 3.05) is 18.0 Å². The second-order valence-electron chi connectivity index (χ2n) is 7.48. The summed E-state index contributed by atoms with van der Waals surface area (Å²) < 4.78 is 28.2. The minimum atomic E-state index is -2.72. The van der Waals surface area contributed by atoms with Gasteiger partial charge in [0.25, 0.3) is 5.91 Å². The zero-order chi connectivity index (χ0) is 21.4. The molecule has 2 amide bonds. The van der Waals surface area contributed by atoms with Crippen molar-refractivity contribution in [2.24, 2.45) is 0 Å². The maximum absolute atomic E-state index is 13.6. The summed E-state index contributed by atoms with van der Waals surface area (Å²) in [5.74, 6) is -0.483. The largest absolute Gasteiger partial charge is 0.351 e. The molecule has 3 aromatic rings. The zero-order valence-electron chi connectivity index (χ0n) is 16.7. The Balaban J connectivity index is 1.49. The maximum atomic E-state index is 13.6. The summed E-state index contributed by atoms with van der Waals surface area (Å²) in [5, 5.41) is 2.82. The Kier molecular flexibility index (Phi) is 5.24. The molecule has 30 heavy (non-hydrogen) atoms. The Morgan fingerprint density at radius 1 is 1.20 bits per heavy atom. The summed E-state index contributed by atoms with van der Waals surface area (Å²) in [5.41, 5.74) is 3.13. The molecule has 2 aromatic carbocycles. The highest BCUT2D eigenvalue weighted by molar-refractivity contribution is 5.97. The third-order valence-corrected chi connectivity index (χ3v) is 5.45. The molecule has 156 valence electrons. The fourth-order valence-electron chi connectivity index (χ4n) is 3.93. The van der Waals surface area contributed by atoms with Crippen molar-refractivity contribution in [1.29, 1.82) is 0 Å². The maximum Gasteiger partial charge on any atom is 0.320 e. The van der Waals surface area contributed by atoms with Crippen molar-refractivity contribution in [1.82, 2.24) is 14.9 Å². The summed E-state index contributed by atoms with van der Waals surface area (Å²) in [6.07, 6.45) is 0.699. The number of alkyl halides is 2. The monoisotopic (exact) mass is 412 g/mol. The average Bonchev–Trinajstić information content (AvgIpc) is 3.32. The lowest BCUT2D eigenvalue weighted by atomic mass is 10.1. The highest BCUT2D eigenvalue weighted by Crippen LogP contribution is 2.29. The van der Waals surface area contributed by atoms with Crippen LogP contribution in [-0.2, 0) is 11.2 Å². The fourth-order valence-corrected chi connectivity index (χ4v) is 3.93. The third-order valence-electron chi connectivity index (χ3n) is 5.45. The van der Waals surface area contributed by atoms with Gasteiger partial charge in [-0.15, -0.1) is 0 Å². The molecule has 4 rings (SSSR count). The number of nitrogens with zero attached hydrogens (tertiary/aromatic N) is 3. The number of anilines is 1. The quantitative estimate of drug-likeness (QED) is 0.692. The van der Waals surface area contributed by atoms with Crippen molar-refractivity contribution in [3.05, 3.63) is 59.4 Å². The van der Waals surface area contributed by atoms with Crippen LogP contribution in [0.4, 0.5) is 14.5 Å². The first-order valence-electron chi connectivity index (χ1n) is 9.81. The predicted molar refractivity (Wildman–Crippen MR) is 110 cm³/mol. The first-order chi connectivity index (χ1) is 14.4. The summed E-state index contributed by atoms with van der Waals surface area (Å²) in [6, 6.07) is 12.0. The fraction of sp³-hybridized carbons (Fsp3) is 0.318. The Hall–Kier alpha value is -3.29. The van der Waals surface area contributed by atoms with E-state index in [1.165, 1.54) is 6.92 Å². The van der Waals surface area contributed by atoms with Crippen LogP contribution in [0.1, 0.15) is 48.1 Å². The highest BCUT2D eigenvalue weighted by atomic mass is 19.3. The number of carbonyl (C=O) groups excluding carboxylic acids is 2. The number of hydrogen-bond donors (Lipinski definition) is 1. The van der Waals surface area contributed by atoms with E-state index in [1.54, 1.807) is 54.3 Å². The molecule has 0 bridgehead atoms. The van der Waals surface area contributed by atoms with Crippen molar-refractivity contribution < 1.29 is 18.4 Å². The van der Waals surface area contributed by atoms with Crippen molar-refractivity contribution in [2.45, 2.75) is 32.7 Å². The number of nitrogens with one attached hydrogen (secondary N) is 1. The molecule has 0 saturated carbocycles. The van der Waals surface area contributed by atoms with E-state index in [0.29, 0.717) is 29.6 Å². The molecule has 1 atom stereocenters. The van der Waals surface area contributed by atoms with Gasteiger partial charge >= 0.3 is 6.55 Å². The van der Waals surface area contributed by atoms with Crippen molar-refractivity contribution >= 4 is 28.5 Å². The standard InChI is InChI=1S/C22H22F2N4O2/c1-13(20-26-17-5-3-4-6-19(17)28(20)22(23)24)12-25-21(30)16-7-8-18-15(11-16)9-10-27(18)14(2)29/h3-8,11,13,22H,9-10,12H2,1-2H3,(H,25,30)/t13-/m0/s1. The van der Waals surface area contributed by atoms with Crippen LogP contribution in [0.15, 0.2) is 42.5 Å². The lowest BCUT2D eigenvalue weighted by molar-refractivity contribution is -0.116. The summed E-state index contributed by atoms with van der Waals surface area (Å²) in [4.78, 5) is 30.3. The molecule has 1 aliphatic rings. The second kappa shape index (κ2) is 7.85. The topological polar surface area (TPSA) is 67.2 Å². The van der Waals surface area contributed by atoms with Crippen LogP contribution in [0.3, 0.4) is 0 Å². The van der Waals surface area contributed by atoms with Crippen LogP contribution >= 0.6 is 0 Å². The van der Waals surface area contributed by atoms with Gasteiger partial charge in [-0.3, -0.25) is 14.2 Å². The molecule has 0 spiro atoms. The van der Waals surface area contributed by atoms with Crippen LogP contribution in [0, 0.1) is 0 Å². The number of para-hydroxylation sites is 2. The minimum Gasteiger partial charge on any atom is -0.351 e. The number of imidazole rings is 1. The number of hydrogen-bond acceptors (Lipinski definition) is 3. The molecular weight excluding hydrogens is 390 g/mol. The summed E-state index contributed by atoms with van der Waals surface area (Å²) in [6.45, 7) is 1.34. The van der Waals surface area contributed by atoms with E-state index in [0.717, 1.165) is 15.8 Å². The number of amides is 2. The molecule has 0 fully saturated rings. The van der Waals surface area contributed by atoms with E-state index in [4.69, 9.17) is 0 Å². The molecule has 0 aliphatic carbocycles. The highest BCUT2D eigenvalue weighted by Gasteiger charge is 2.24. The van der Waals surface area contributed by atoms with Gasteiger partial charge in [0.1, 0.15) is 5.82 Å².